The van der Waals surface area contributed by atoms with E-state index in [-0.39, 0.29) is 23.9 Å². The van der Waals surface area contributed by atoms with E-state index in [9.17, 15) is 9.59 Å². The van der Waals surface area contributed by atoms with Crippen molar-refractivity contribution < 1.29 is 9.59 Å². The van der Waals surface area contributed by atoms with Gasteiger partial charge in [-0.3, -0.25) is 9.59 Å². The number of carbonyl (C=O) groups is 2. The number of likely N-dealkylation sites (tertiary alicyclic amines) is 1. The number of piperidine rings is 1. The molecule has 2 rings (SSSR count). The second-order valence-electron chi connectivity index (χ2n) is 5.67. The van der Waals surface area contributed by atoms with Gasteiger partial charge in [-0.15, -0.1) is 0 Å². The van der Waals surface area contributed by atoms with E-state index in [0.717, 1.165) is 32.4 Å². The SMILES string of the molecule is CC(NC1CCC(=O)NC1)C(=O)N1CCCCCC1. The zero-order valence-electron chi connectivity index (χ0n) is 11.8. The Bertz CT molecular complexity index is 315. The molecule has 108 valence electrons. The lowest BCUT2D eigenvalue weighted by atomic mass is 10.1. The van der Waals surface area contributed by atoms with Gasteiger partial charge in [-0.05, 0) is 26.2 Å². The topological polar surface area (TPSA) is 61.4 Å². The third kappa shape index (κ3) is 4.20. The summed E-state index contributed by atoms with van der Waals surface area (Å²) in [5.74, 6) is 0.323. The minimum absolute atomic E-state index is 0.115. The van der Waals surface area contributed by atoms with Crippen LogP contribution in [-0.4, -0.2) is 48.4 Å². The summed E-state index contributed by atoms with van der Waals surface area (Å²) < 4.78 is 0. The molecule has 2 aliphatic heterocycles. The lowest BCUT2D eigenvalue weighted by molar-refractivity contribution is -0.133. The van der Waals surface area contributed by atoms with Crippen LogP contribution in [0.2, 0.25) is 0 Å². The second kappa shape index (κ2) is 6.89. The number of nitrogens with one attached hydrogen (secondary N) is 2. The maximum atomic E-state index is 12.4. The van der Waals surface area contributed by atoms with Crippen LogP contribution in [0, 0.1) is 0 Å². The van der Waals surface area contributed by atoms with Crippen LogP contribution in [0.4, 0.5) is 0 Å². The third-order valence-corrected chi connectivity index (χ3v) is 4.04. The molecular formula is C14H25N3O2. The molecule has 2 unspecified atom stereocenters. The van der Waals surface area contributed by atoms with Gasteiger partial charge in [0.1, 0.15) is 0 Å². The van der Waals surface area contributed by atoms with Gasteiger partial charge < -0.3 is 15.5 Å². The Kier molecular flexibility index (Phi) is 5.19. The average molecular weight is 267 g/mol. The van der Waals surface area contributed by atoms with Gasteiger partial charge in [-0.25, -0.2) is 0 Å². The summed E-state index contributed by atoms with van der Waals surface area (Å²) in [6, 6.07) is 0.0710. The van der Waals surface area contributed by atoms with Crippen molar-refractivity contribution in [1.29, 1.82) is 0 Å². The fraction of sp³-hybridized carbons (Fsp3) is 0.857. The van der Waals surface area contributed by atoms with E-state index < -0.39 is 0 Å². The zero-order chi connectivity index (χ0) is 13.7. The molecular weight excluding hydrogens is 242 g/mol. The van der Waals surface area contributed by atoms with Crippen molar-refractivity contribution in [2.45, 2.75) is 57.5 Å². The molecule has 5 heteroatoms. The molecule has 2 saturated heterocycles. The predicted molar refractivity (Wildman–Crippen MR) is 73.7 cm³/mol. The van der Waals surface area contributed by atoms with Crippen LogP contribution in [0.15, 0.2) is 0 Å². The van der Waals surface area contributed by atoms with Gasteiger partial charge in [-0.2, -0.15) is 0 Å². The summed E-state index contributed by atoms with van der Waals surface area (Å²) in [4.78, 5) is 25.5. The predicted octanol–water partition coefficient (Wildman–Crippen LogP) is 0.646. The van der Waals surface area contributed by atoms with Crippen molar-refractivity contribution in [2.75, 3.05) is 19.6 Å². The maximum absolute atomic E-state index is 12.4. The van der Waals surface area contributed by atoms with Gasteiger partial charge in [0.05, 0.1) is 6.04 Å². The van der Waals surface area contributed by atoms with E-state index in [0.29, 0.717) is 13.0 Å². The van der Waals surface area contributed by atoms with Crippen molar-refractivity contribution in [3.8, 4) is 0 Å². The molecule has 0 aromatic heterocycles. The Morgan fingerprint density at radius 2 is 2.00 bits per heavy atom. The Balaban J connectivity index is 1.79. The van der Waals surface area contributed by atoms with E-state index in [2.05, 4.69) is 10.6 Å². The molecule has 2 aliphatic rings. The maximum Gasteiger partial charge on any atom is 0.239 e. The lowest BCUT2D eigenvalue weighted by Crippen LogP contribution is -2.53. The first-order chi connectivity index (χ1) is 9.16. The summed E-state index contributed by atoms with van der Waals surface area (Å²) in [7, 11) is 0. The van der Waals surface area contributed by atoms with Gasteiger partial charge in [0.25, 0.3) is 0 Å². The number of hydrogen-bond acceptors (Lipinski definition) is 3. The third-order valence-electron chi connectivity index (χ3n) is 4.04. The van der Waals surface area contributed by atoms with Crippen LogP contribution in [0.5, 0.6) is 0 Å². The zero-order valence-corrected chi connectivity index (χ0v) is 11.8. The van der Waals surface area contributed by atoms with E-state index in [1.54, 1.807) is 0 Å². The Hall–Kier alpha value is -1.10. The molecule has 0 aromatic carbocycles. The monoisotopic (exact) mass is 267 g/mol. The molecule has 0 aromatic rings. The van der Waals surface area contributed by atoms with E-state index in [1.165, 1.54) is 12.8 Å². The normalized spacial score (nSPS) is 26.5. The summed E-state index contributed by atoms with van der Waals surface area (Å²) in [6.45, 7) is 4.36. The molecule has 5 nitrogen and oxygen atoms in total. The number of rotatable bonds is 3. The van der Waals surface area contributed by atoms with Crippen LogP contribution in [-0.2, 0) is 9.59 Å². The minimum atomic E-state index is -0.155. The van der Waals surface area contributed by atoms with E-state index in [4.69, 9.17) is 0 Å². The van der Waals surface area contributed by atoms with Gasteiger partial charge >= 0.3 is 0 Å². The highest BCUT2D eigenvalue weighted by atomic mass is 16.2. The van der Waals surface area contributed by atoms with Crippen molar-refractivity contribution in [3.05, 3.63) is 0 Å². The number of hydrogen-bond donors (Lipinski definition) is 2. The largest absolute Gasteiger partial charge is 0.355 e. The Labute approximate surface area is 115 Å². The van der Waals surface area contributed by atoms with Gasteiger partial charge in [-0.1, -0.05) is 12.8 Å². The minimum Gasteiger partial charge on any atom is -0.355 e. The van der Waals surface area contributed by atoms with E-state index >= 15 is 0 Å². The Morgan fingerprint density at radius 1 is 1.32 bits per heavy atom. The van der Waals surface area contributed by atoms with Crippen LogP contribution in [0.1, 0.15) is 45.4 Å². The standard InChI is InChI=1S/C14H25N3O2/c1-11(16-12-6-7-13(18)15-10-12)14(19)17-8-4-2-3-5-9-17/h11-12,16H,2-10H2,1H3,(H,15,18). The van der Waals surface area contributed by atoms with Crippen molar-refractivity contribution in [2.24, 2.45) is 0 Å². The Morgan fingerprint density at radius 3 is 2.58 bits per heavy atom. The molecule has 2 amide bonds. The number of nitrogens with zero attached hydrogens (tertiary/aromatic N) is 1. The smallest absolute Gasteiger partial charge is 0.239 e. The van der Waals surface area contributed by atoms with Crippen molar-refractivity contribution >= 4 is 11.8 Å². The summed E-state index contributed by atoms with van der Waals surface area (Å²) in [5, 5.41) is 6.19. The van der Waals surface area contributed by atoms with Crippen LogP contribution >= 0.6 is 0 Å². The van der Waals surface area contributed by atoms with Gasteiger partial charge in [0.2, 0.25) is 11.8 Å². The van der Waals surface area contributed by atoms with Gasteiger partial charge in [0.15, 0.2) is 0 Å². The van der Waals surface area contributed by atoms with Crippen molar-refractivity contribution in [1.82, 2.24) is 15.5 Å². The van der Waals surface area contributed by atoms with Crippen LogP contribution < -0.4 is 10.6 Å². The molecule has 2 fully saturated rings. The number of carbonyl (C=O) groups excluding carboxylic acids is 2. The van der Waals surface area contributed by atoms with Gasteiger partial charge in [0, 0.05) is 32.1 Å². The summed E-state index contributed by atoms with van der Waals surface area (Å²) in [5.41, 5.74) is 0. The highest BCUT2D eigenvalue weighted by Gasteiger charge is 2.25. The van der Waals surface area contributed by atoms with Crippen molar-refractivity contribution in [3.63, 3.8) is 0 Å². The lowest BCUT2D eigenvalue weighted by Gasteiger charge is -2.29. The fourth-order valence-electron chi connectivity index (χ4n) is 2.86. The summed E-state index contributed by atoms with van der Waals surface area (Å²) in [6.07, 6.45) is 6.10. The molecule has 19 heavy (non-hydrogen) atoms. The van der Waals surface area contributed by atoms with Crippen LogP contribution in [0.3, 0.4) is 0 Å². The first kappa shape index (κ1) is 14.3. The molecule has 2 N–H and O–H groups in total. The molecule has 2 atom stereocenters. The average Bonchev–Trinajstić information content (AvgIpc) is 2.69. The molecule has 0 aliphatic carbocycles. The first-order valence-electron chi connectivity index (χ1n) is 7.48. The number of amides is 2. The quantitative estimate of drug-likeness (QED) is 0.789. The fourth-order valence-corrected chi connectivity index (χ4v) is 2.86. The highest BCUT2D eigenvalue weighted by Crippen LogP contribution is 2.11. The molecule has 0 spiro atoms. The molecule has 0 saturated carbocycles. The highest BCUT2D eigenvalue weighted by molar-refractivity contribution is 5.81. The molecule has 0 bridgehead atoms. The second-order valence-corrected chi connectivity index (χ2v) is 5.67. The van der Waals surface area contributed by atoms with E-state index in [1.807, 2.05) is 11.8 Å². The van der Waals surface area contributed by atoms with Crippen LogP contribution in [0.25, 0.3) is 0 Å². The first-order valence-corrected chi connectivity index (χ1v) is 7.48. The molecule has 0 radical (unpaired) electrons. The summed E-state index contributed by atoms with van der Waals surface area (Å²) >= 11 is 0. The molecule has 2 heterocycles.